The molecule has 158 valence electrons. The van der Waals surface area contributed by atoms with Crippen molar-refractivity contribution in [2.45, 2.75) is 20.4 Å². The maximum Gasteiger partial charge on any atom is 0.350 e. The summed E-state index contributed by atoms with van der Waals surface area (Å²) in [6.45, 7) is 4.55. The summed E-state index contributed by atoms with van der Waals surface area (Å²) >= 11 is 1.30. The SMILES string of the molecule is CCOC(=O)c1sc2ccc(NCc3cnc[nH]3)cc2c1NC(=O)c1ccc(C)cc1. The zero-order valence-electron chi connectivity index (χ0n) is 17.2. The maximum absolute atomic E-state index is 12.9. The number of ether oxygens (including phenoxy) is 1. The van der Waals surface area contributed by atoms with Gasteiger partial charge in [-0.05, 0) is 44.2 Å². The highest BCUT2D eigenvalue weighted by Crippen LogP contribution is 2.38. The third-order valence-electron chi connectivity index (χ3n) is 4.74. The van der Waals surface area contributed by atoms with Crippen molar-refractivity contribution in [3.8, 4) is 0 Å². The Kier molecular flexibility index (Phi) is 5.99. The van der Waals surface area contributed by atoms with Crippen LogP contribution in [0.2, 0.25) is 0 Å². The highest BCUT2D eigenvalue weighted by atomic mass is 32.1. The van der Waals surface area contributed by atoms with E-state index < -0.39 is 5.97 Å². The van der Waals surface area contributed by atoms with E-state index in [1.54, 1.807) is 31.6 Å². The van der Waals surface area contributed by atoms with Gasteiger partial charge in [0.25, 0.3) is 5.91 Å². The van der Waals surface area contributed by atoms with Crippen LogP contribution in [0.3, 0.4) is 0 Å². The number of aromatic amines is 1. The monoisotopic (exact) mass is 434 g/mol. The second-order valence-corrected chi connectivity index (χ2v) is 8.04. The van der Waals surface area contributed by atoms with Gasteiger partial charge in [0, 0.05) is 27.5 Å². The number of hydrogen-bond acceptors (Lipinski definition) is 6. The molecule has 3 N–H and O–H groups in total. The van der Waals surface area contributed by atoms with Crippen LogP contribution in [-0.2, 0) is 11.3 Å². The van der Waals surface area contributed by atoms with Gasteiger partial charge in [0.1, 0.15) is 4.88 Å². The fourth-order valence-corrected chi connectivity index (χ4v) is 4.17. The first-order valence-electron chi connectivity index (χ1n) is 9.88. The fraction of sp³-hybridized carbons (Fsp3) is 0.174. The van der Waals surface area contributed by atoms with Crippen LogP contribution >= 0.6 is 11.3 Å². The minimum absolute atomic E-state index is 0.259. The largest absolute Gasteiger partial charge is 0.462 e. The molecule has 0 aliphatic rings. The Bertz CT molecular complexity index is 1210. The predicted octanol–water partition coefficient (Wildman–Crippen LogP) is 4.97. The van der Waals surface area contributed by atoms with Gasteiger partial charge >= 0.3 is 5.97 Å². The van der Waals surface area contributed by atoms with Crippen LogP contribution in [0.5, 0.6) is 0 Å². The Morgan fingerprint density at radius 1 is 1.16 bits per heavy atom. The molecule has 7 nitrogen and oxygen atoms in total. The topological polar surface area (TPSA) is 96.1 Å². The van der Waals surface area contributed by atoms with Crippen molar-refractivity contribution in [2.75, 3.05) is 17.2 Å². The molecule has 0 saturated heterocycles. The normalized spacial score (nSPS) is 10.8. The van der Waals surface area contributed by atoms with E-state index in [0.717, 1.165) is 27.0 Å². The van der Waals surface area contributed by atoms with E-state index >= 15 is 0 Å². The molecule has 4 rings (SSSR count). The molecular weight excluding hydrogens is 412 g/mol. The Labute approximate surface area is 183 Å². The molecular formula is C23H22N4O3S. The number of nitrogens with zero attached hydrogens (tertiary/aromatic N) is 1. The molecule has 0 spiro atoms. The molecule has 0 radical (unpaired) electrons. The standard InChI is InChI=1S/C23H22N4O3S/c1-3-30-23(29)21-20(27-22(28)15-6-4-14(2)5-7-15)18-10-16(8-9-19(18)31-21)25-12-17-11-24-13-26-17/h4-11,13,25H,3,12H2,1-2H3,(H,24,26)(H,27,28). The lowest BCUT2D eigenvalue weighted by atomic mass is 10.1. The van der Waals surface area contributed by atoms with Crippen LogP contribution in [0.25, 0.3) is 10.1 Å². The highest BCUT2D eigenvalue weighted by molar-refractivity contribution is 7.21. The number of thiophene rings is 1. The summed E-state index contributed by atoms with van der Waals surface area (Å²) in [4.78, 5) is 32.9. The second-order valence-electron chi connectivity index (χ2n) is 6.99. The first-order valence-corrected chi connectivity index (χ1v) is 10.7. The number of carbonyl (C=O) groups excluding carboxylic acids is 2. The number of hydrogen-bond donors (Lipinski definition) is 3. The van der Waals surface area contributed by atoms with E-state index in [4.69, 9.17) is 4.74 Å². The first kappa shape index (κ1) is 20.6. The summed E-state index contributed by atoms with van der Waals surface area (Å²) < 4.78 is 6.11. The lowest BCUT2D eigenvalue weighted by Crippen LogP contribution is -2.14. The minimum Gasteiger partial charge on any atom is -0.462 e. The van der Waals surface area contributed by atoms with Crippen molar-refractivity contribution in [1.29, 1.82) is 0 Å². The molecule has 0 unspecified atom stereocenters. The Morgan fingerprint density at radius 2 is 1.97 bits per heavy atom. The maximum atomic E-state index is 12.9. The van der Waals surface area contributed by atoms with Gasteiger partial charge in [0.15, 0.2) is 0 Å². The summed E-state index contributed by atoms with van der Waals surface area (Å²) in [7, 11) is 0. The van der Waals surface area contributed by atoms with Crippen LogP contribution in [-0.4, -0.2) is 28.5 Å². The molecule has 0 aliphatic carbocycles. The van der Waals surface area contributed by atoms with Crippen LogP contribution < -0.4 is 10.6 Å². The number of H-pyrrole nitrogens is 1. The van der Waals surface area contributed by atoms with E-state index in [1.807, 2.05) is 37.3 Å². The number of fused-ring (bicyclic) bond motifs is 1. The summed E-state index contributed by atoms with van der Waals surface area (Å²) in [5.74, 6) is -0.726. The van der Waals surface area contributed by atoms with Crippen molar-refractivity contribution < 1.29 is 14.3 Å². The number of nitrogens with one attached hydrogen (secondary N) is 3. The molecule has 2 heterocycles. The number of aryl methyl sites for hydroxylation is 1. The zero-order chi connectivity index (χ0) is 21.8. The number of benzene rings is 2. The van der Waals surface area contributed by atoms with Crippen LogP contribution in [0, 0.1) is 6.92 Å². The van der Waals surface area contributed by atoms with Crippen LogP contribution in [0.1, 0.15) is 38.2 Å². The predicted molar refractivity (Wildman–Crippen MR) is 123 cm³/mol. The third kappa shape index (κ3) is 4.59. The van der Waals surface area contributed by atoms with Gasteiger partial charge in [0.2, 0.25) is 0 Å². The fourth-order valence-electron chi connectivity index (χ4n) is 3.14. The molecule has 0 atom stereocenters. The molecule has 0 saturated carbocycles. The molecule has 31 heavy (non-hydrogen) atoms. The summed E-state index contributed by atoms with van der Waals surface area (Å²) in [5, 5.41) is 7.04. The molecule has 2 aromatic carbocycles. The van der Waals surface area contributed by atoms with E-state index in [0.29, 0.717) is 22.7 Å². The minimum atomic E-state index is -0.449. The first-order chi connectivity index (χ1) is 15.0. The average molecular weight is 435 g/mol. The lowest BCUT2D eigenvalue weighted by Gasteiger charge is -2.09. The quantitative estimate of drug-likeness (QED) is 0.357. The van der Waals surface area contributed by atoms with Gasteiger partial charge in [-0.1, -0.05) is 17.7 Å². The molecule has 0 fully saturated rings. The van der Waals surface area contributed by atoms with Gasteiger partial charge in [0.05, 0.1) is 30.9 Å². The van der Waals surface area contributed by atoms with E-state index in [2.05, 4.69) is 20.6 Å². The molecule has 0 aliphatic heterocycles. The van der Waals surface area contributed by atoms with Crippen molar-refractivity contribution in [1.82, 2.24) is 9.97 Å². The molecule has 0 bridgehead atoms. The molecule has 1 amide bonds. The van der Waals surface area contributed by atoms with Crippen molar-refractivity contribution in [3.63, 3.8) is 0 Å². The van der Waals surface area contributed by atoms with E-state index in [1.165, 1.54) is 11.3 Å². The van der Waals surface area contributed by atoms with Gasteiger partial charge < -0.3 is 20.4 Å². The van der Waals surface area contributed by atoms with Gasteiger partial charge in [-0.25, -0.2) is 9.78 Å². The number of aromatic nitrogens is 2. The number of anilines is 2. The van der Waals surface area contributed by atoms with Crippen molar-refractivity contribution >= 4 is 44.7 Å². The Morgan fingerprint density at radius 3 is 2.68 bits per heavy atom. The number of carbonyl (C=O) groups is 2. The number of amides is 1. The van der Waals surface area contributed by atoms with Gasteiger partial charge in [-0.3, -0.25) is 4.79 Å². The van der Waals surface area contributed by atoms with Crippen molar-refractivity contribution in [2.24, 2.45) is 0 Å². The molecule has 2 aromatic heterocycles. The zero-order valence-corrected chi connectivity index (χ0v) is 18.0. The Balaban J connectivity index is 1.68. The number of rotatable bonds is 7. The second kappa shape index (κ2) is 9.01. The smallest absolute Gasteiger partial charge is 0.350 e. The summed E-state index contributed by atoms with van der Waals surface area (Å²) in [6.07, 6.45) is 3.38. The van der Waals surface area contributed by atoms with Crippen molar-refractivity contribution in [3.05, 3.63) is 76.7 Å². The number of esters is 1. The van der Waals surface area contributed by atoms with Gasteiger partial charge in [-0.15, -0.1) is 11.3 Å². The average Bonchev–Trinajstić information content (AvgIpc) is 3.41. The number of imidazole rings is 1. The summed E-state index contributed by atoms with van der Waals surface area (Å²) in [5.41, 5.74) is 3.87. The molecule has 8 heteroatoms. The van der Waals surface area contributed by atoms with E-state index in [-0.39, 0.29) is 12.5 Å². The van der Waals surface area contributed by atoms with E-state index in [9.17, 15) is 9.59 Å². The third-order valence-corrected chi connectivity index (χ3v) is 5.89. The van der Waals surface area contributed by atoms with Gasteiger partial charge in [-0.2, -0.15) is 0 Å². The Hall–Kier alpha value is -3.65. The van der Waals surface area contributed by atoms with Crippen LogP contribution in [0.15, 0.2) is 55.0 Å². The molecule has 4 aromatic rings. The van der Waals surface area contributed by atoms with Crippen LogP contribution in [0.4, 0.5) is 11.4 Å². The summed E-state index contributed by atoms with van der Waals surface area (Å²) in [6, 6.07) is 13.1. The highest BCUT2D eigenvalue weighted by Gasteiger charge is 2.22. The lowest BCUT2D eigenvalue weighted by molar-refractivity contribution is 0.0533.